The van der Waals surface area contributed by atoms with Crippen molar-refractivity contribution in [2.75, 3.05) is 0 Å². The lowest BCUT2D eigenvalue weighted by molar-refractivity contribution is -0.112. The number of rotatable bonds is 2. The maximum atomic E-state index is 10.7. The first-order chi connectivity index (χ1) is 9.06. The number of benzene rings is 1. The molecular formula is C13H9N3O3. The minimum atomic E-state index is -1.07. The Morgan fingerprint density at radius 1 is 1.26 bits per heavy atom. The summed E-state index contributed by atoms with van der Waals surface area (Å²) in [4.78, 5) is 21.2. The molecule has 0 atom stereocenters. The van der Waals surface area contributed by atoms with Gasteiger partial charge >= 0.3 is 5.97 Å². The zero-order chi connectivity index (χ0) is 13.8. The molecule has 4 N–H and O–H groups in total. The molecule has 2 rings (SSSR count). The van der Waals surface area contributed by atoms with Crippen LogP contribution in [-0.4, -0.2) is 27.2 Å². The van der Waals surface area contributed by atoms with Crippen molar-refractivity contribution in [3.63, 3.8) is 0 Å². The highest BCUT2D eigenvalue weighted by atomic mass is 16.4. The Hall–Kier alpha value is -3.07. The molecule has 0 fully saturated rings. The van der Waals surface area contributed by atoms with E-state index in [2.05, 4.69) is 22.0 Å². The number of carboxylic acids is 1. The number of carbonyl (C=O) groups excluding carboxylic acids is 1. The van der Waals surface area contributed by atoms with E-state index in [0.29, 0.717) is 11.3 Å². The number of nitrogens with zero attached hydrogens (tertiary/aromatic N) is 1. The molecule has 1 amide bonds. The van der Waals surface area contributed by atoms with Gasteiger partial charge < -0.3 is 10.8 Å². The molecule has 0 bridgehead atoms. The maximum Gasteiger partial charge on any atom is 0.353 e. The van der Waals surface area contributed by atoms with E-state index in [1.807, 2.05) is 0 Å². The van der Waals surface area contributed by atoms with Gasteiger partial charge in [-0.05, 0) is 24.1 Å². The number of aromatic carboxylic acids is 1. The van der Waals surface area contributed by atoms with Crippen LogP contribution in [0.3, 0.4) is 0 Å². The highest BCUT2D eigenvalue weighted by molar-refractivity contribution is 5.92. The Morgan fingerprint density at radius 3 is 2.47 bits per heavy atom. The van der Waals surface area contributed by atoms with Crippen molar-refractivity contribution in [2.45, 2.75) is 0 Å². The first kappa shape index (κ1) is 12.4. The van der Waals surface area contributed by atoms with E-state index in [4.69, 9.17) is 10.8 Å². The third kappa shape index (κ3) is 2.98. The number of carboxylic acid groups (broad SMARTS) is 1. The Morgan fingerprint density at radius 2 is 1.95 bits per heavy atom. The number of H-pyrrole nitrogens is 1. The van der Waals surface area contributed by atoms with Crippen molar-refractivity contribution in [2.24, 2.45) is 5.73 Å². The number of hydrogen-bond acceptors (Lipinski definition) is 3. The van der Waals surface area contributed by atoms with Crippen molar-refractivity contribution in [3.8, 4) is 23.1 Å². The fourth-order valence-electron chi connectivity index (χ4n) is 1.44. The van der Waals surface area contributed by atoms with Crippen LogP contribution in [0.2, 0.25) is 0 Å². The molecule has 0 aliphatic rings. The fourth-order valence-corrected chi connectivity index (χ4v) is 1.44. The first-order valence-electron chi connectivity index (χ1n) is 5.27. The number of nitrogens with one attached hydrogen (secondary N) is 1. The van der Waals surface area contributed by atoms with Gasteiger partial charge in [0.25, 0.3) is 5.91 Å². The SMILES string of the molecule is NC(=O)C#Cc1ccc(-c2cc(C(=O)O)[nH]n2)cc1. The lowest BCUT2D eigenvalue weighted by atomic mass is 10.1. The molecule has 1 heterocycles. The van der Waals surface area contributed by atoms with Gasteiger partial charge in [-0.15, -0.1) is 0 Å². The van der Waals surface area contributed by atoms with Crippen LogP contribution in [0.15, 0.2) is 30.3 Å². The summed E-state index contributed by atoms with van der Waals surface area (Å²) in [5.41, 5.74) is 6.83. The molecule has 0 radical (unpaired) electrons. The van der Waals surface area contributed by atoms with Crippen LogP contribution in [0, 0.1) is 11.8 Å². The molecule has 1 aromatic carbocycles. The van der Waals surface area contributed by atoms with Gasteiger partial charge in [0.1, 0.15) is 5.69 Å². The normalized spacial score (nSPS) is 9.47. The molecule has 0 unspecified atom stereocenters. The van der Waals surface area contributed by atoms with Gasteiger partial charge in [-0.25, -0.2) is 4.79 Å². The number of carbonyl (C=O) groups is 2. The Balaban J connectivity index is 2.25. The molecular weight excluding hydrogens is 246 g/mol. The summed E-state index contributed by atoms with van der Waals surface area (Å²) in [6, 6.07) is 8.28. The van der Waals surface area contributed by atoms with Gasteiger partial charge in [0.2, 0.25) is 0 Å². The van der Waals surface area contributed by atoms with Gasteiger partial charge in [0, 0.05) is 11.1 Å². The lowest BCUT2D eigenvalue weighted by Gasteiger charge is -1.95. The summed E-state index contributed by atoms with van der Waals surface area (Å²) >= 11 is 0. The second-order valence-electron chi connectivity index (χ2n) is 3.66. The Labute approximate surface area is 108 Å². The Bertz CT molecular complexity index is 690. The molecule has 2 aromatic rings. The molecule has 1 aromatic heterocycles. The van der Waals surface area contributed by atoms with Crippen LogP contribution >= 0.6 is 0 Å². The van der Waals surface area contributed by atoms with Crippen molar-refractivity contribution < 1.29 is 14.7 Å². The van der Waals surface area contributed by atoms with Crippen LogP contribution in [0.5, 0.6) is 0 Å². The van der Waals surface area contributed by atoms with Crippen LogP contribution in [0.25, 0.3) is 11.3 Å². The van der Waals surface area contributed by atoms with Gasteiger partial charge in [-0.2, -0.15) is 5.10 Å². The van der Waals surface area contributed by atoms with E-state index in [-0.39, 0.29) is 5.69 Å². The number of nitrogens with two attached hydrogens (primary N) is 1. The number of primary amides is 1. The second kappa shape index (κ2) is 5.06. The van der Waals surface area contributed by atoms with E-state index in [1.165, 1.54) is 6.07 Å². The average molecular weight is 255 g/mol. The van der Waals surface area contributed by atoms with Gasteiger partial charge in [-0.1, -0.05) is 18.1 Å². The van der Waals surface area contributed by atoms with Crippen LogP contribution < -0.4 is 5.73 Å². The molecule has 0 spiro atoms. The van der Waals surface area contributed by atoms with E-state index >= 15 is 0 Å². The average Bonchev–Trinajstić information content (AvgIpc) is 2.86. The molecule has 6 heteroatoms. The predicted molar refractivity (Wildman–Crippen MR) is 67.1 cm³/mol. The summed E-state index contributed by atoms with van der Waals surface area (Å²) in [5.74, 6) is 3.07. The minimum absolute atomic E-state index is 0.0209. The maximum absolute atomic E-state index is 10.7. The molecule has 0 saturated heterocycles. The zero-order valence-corrected chi connectivity index (χ0v) is 9.68. The highest BCUT2D eigenvalue weighted by Crippen LogP contribution is 2.18. The third-order valence-electron chi connectivity index (χ3n) is 2.32. The van der Waals surface area contributed by atoms with Crippen molar-refractivity contribution >= 4 is 11.9 Å². The summed E-state index contributed by atoms with van der Waals surface area (Å²) in [7, 11) is 0. The molecule has 0 saturated carbocycles. The highest BCUT2D eigenvalue weighted by Gasteiger charge is 2.08. The Kier molecular flexibility index (Phi) is 3.30. The molecule has 19 heavy (non-hydrogen) atoms. The molecule has 6 nitrogen and oxygen atoms in total. The first-order valence-corrected chi connectivity index (χ1v) is 5.27. The zero-order valence-electron chi connectivity index (χ0n) is 9.68. The largest absolute Gasteiger partial charge is 0.477 e. The van der Waals surface area contributed by atoms with Crippen molar-refractivity contribution in [3.05, 3.63) is 41.6 Å². The van der Waals surface area contributed by atoms with Crippen molar-refractivity contribution in [1.82, 2.24) is 10.2 Å². The topological polar surface area (TPSA) is 109 Å². The van der Waals surface area contributed by atoms with E-state index in [0.717, 1.165) is 5.56 Å². The number of aromatic amines is 1. The summed E-state index contributed by atoms with van der Waals surface area (Å²) < 4.78 is 0. The number of aromatic nitrogens is 2. The third-order valence-corrected chi connectivity index (χ3v) is 2.32. The standard InChI is InChI=1S/C13H9N3O3/c14-12(17)6-3-8-1-4-9(5-2-8)10-7-11(13(18)19)16-15-10/h1-2,4-5,7H,(H2,14,17)(H,15,16)(H,18,19). The van der Waals surface area contributed by atoms with Gasteiger partial charge in [-0.3, -0.25) is 9.89 Å². The van der Waals surface area contributed by atoms with Crippen LogP contribution in [0.4, 0.5) is 0 Å². The van der Waals surface area contributed by atoms with E-state index in [1.54, 1.807) is 24.3 Å². The lowest BCUT2D eigenvalue weighted by Crippen LogP contribution is -2.06. The number of hydrogen-bond donors (Lipinski definition) is 3. The van der Waals surface area contributed by atoms with Crippen LogP contribution in [0.1, 0.15) is 16.1 Å². The van der Waals surface area contributed by atoms with Gasteiger partial charge in [0.05, 0.1) is 5.69 Å². The monoisotopic (exact) mass is 255 g/mol. The fraction of sp³-hybridized carbons (Fsp3) is 0. The van der Waals surface area contributed by atoms with E-state index < -0.39 is 11.9 Å². The van der Waals surface area contributed by atoms with Crippen molar-refractivity contribution in [1.29, 1.82) is 0 Å². The summed E-state index contributed by atoms with van der Waals surface area (Å²) in [6.07, 6.45) is 0. The quantitative estimate of drug-likeness (QED) is 0.683. The smallest absolute Gasteiger partial charge is 0.353 e. The minimum Gasteiger partial charge on any atom is -0.477 e. The molecule has 0 aliphatic carbocycles. The summed E-state index contributed by atoms with van der Waals surface area (Å²) in [5, 5.41) is 15.1. The summed E-state index contributed by atoms with van der Waals surface area (Å²) in [6.45, 7) is 0. The predicted octanol–water partition coefficient (Wildman–Crippen LogP) is 0.612. The second-order valence-corrected chi connectivity index (χ2v) is 3.66. The van der Waals surface area contributed by atoms with E-state index in [9.17, 15) is 9.59 Å². The van der Waals surface area contributed by atoms with Crippen LogP contribution in [-0.2, 0) is 4.79 Å². The van der Waals surface area contributed by atoms with Gasteiger partial charge in [0.15, 0.2) is 0 Å². The molecule has 0 aliphatic heterocycles. The molecule has 94 valence electrons. The number of amides is 1.